The van der Waals surface area contributed by atoms with E-state index in [1.807, 2.05) is 42.3 Å². The zero-order valence-electron chi connectivity index (χ0n) is 19.9. The number of benzene rings is 2. The first kappa shape index (κ1) is 29.5. The van der Waals surface area contributed by atoms with E-state index in [0.717, 1.165) is 56.9 Å². The van der Waals surface area contributed by atoms with Gasteiger partial charge in [0.2, 0.25) is 0 Å². The summed E-state index contributed by atoms with van der Waals surface area (Å²) in [6.07, 6.45) is 3.60. The van der Waals surface area contributed by atoms with Gasteiger partial charge in [-0.05, 0) is 55.5 Å². The van der Waals surface area contributed by atoms with Crippen LogP contribution < -0.4 is 9.64 Å². The second kappa shape index (κ2) is 14.7. The van der Waals surface area contributed by atoms with Crippen LogP contribution in [0.5, 0.6) is 5.75 Å². The summed E-state index contributed by atoms with van der Waals surface area (Å²) < 4.78 is 5.72. The highest BCUT2D eigenvalue weighted by molar-refractivity contribution is 5.85. The highest BCUT2D eigenvalue weighted by Gasteiger charge is 2.39. The molecule has 0 amide bonds. The van der Waals surface area contributed by atoms with E-state index in [1.165, 1.54) is 5.56 Å². The molecular formula is C26H40Cl2N2O3. The molecule has 5 nitrogen and oxygen atoms in total. The van der Waals surface area contributed by atoms with E-state index in [4.69, 9.17) is 4.74 Å². The number of anilines is 1. The van der Waals surface area contributed by atoms with E-state index in [9.17, 15) is 10.2 Å². The van der Waals surface area contributed by atoms with Crippen LogP contribution in [0, 0.1) is 0 Å². The van der Waals surface area contributed by atoms with Crippen molar-refractivity contribution in [2.24, 2.45) is 0 Å². The average Bonchev–Trinajstić information content (AvgIpc) is 2.80. The molecule has 1 unspecified atom stereocenters. The lowest BCUT2D eigenvalue weighted by atomic mass is 9.85. The highest BCUT2D eigenvalue weighted by atomic mass is 35.5. The van der Waals surface area contributed by atoms with E-state index < -0.39 is 11.7 Å². The molecule has 2 N–H and O–H groups in total. The van der Waals surface area contributed by atoms with Crippen LogP contribution in [0.15, 0.2) is 54.6 Å². The fourth-order valence-corrected chi connectivity index (χ4v) is 4.09. The van der Waals surface area contributed by atoms with Crippen LogP contribution in [-0.2, 0) is 6.42 Å². The summed E-state index contributed by atoms with van der Waals surface area (Å²) in [5, 5.41) is 21.9. The van der Waals surface area contributed by atoms with Gasteiger partial charge in [-0.15, -0.1) is 24.8 Å². The first-order chi connectivity index (χ1) is 15.0. The number of piperidine rings is 1. The molecule has 0 aliphatic carbocycles. The van der Waals surface area contributed by atoms with Crippen molar-refractivity contribution < 1.29 is 14.9 Å². The Morgan fingerprint density at radius 1 is 1.03 bits per heavy atom. The largest absolute Gasteiger partial charge is 0.494 e. The van der Waals surface area contributed by atoms with Gasteiger partial charge in [0, 0.05) is 38.9 Å². The Hall–Kier alpha value is -1.50. The standard InChI is InChI=1S/C26H38N2O3.2ClH/c1-3-4-20-31-24-12-10-23(11-13-24)27(2)21-25(29)26(30)15-18-28(19-16-26)17-14-22-8-6-5-7-9-22;;/h5-13,25,29-30H,3-4,14-21H2,1-2H3;2*1H. The second-order valence-electron chi connectivity index (χ2n) is 8.77. The van der Waals surface area contributed by atoms with E-state index in [1.54, 1.807) is 0 Å². The SMILES string of the molecule is CCCCOc1ccc(N(C)CC(O)C2(O)CCN(CCc3ccccc3)CC2)cc1.Cl.Cl. The number of nitrogens with zero attached hydrogens (tertiary/aromatic N) is 2. The fraction of sp³-hybridized carbons (Fsp3) is 0.538. The van der Waals surface area contributed by atoms with Gasteiger partial charge < -0.3 is 24.7 Å². The molecule has 2 aromatic rings. The van der Waals surface area contributed by atoms with Gasteiger partial charge in [-0.1, -0.05) is 43.7 Å². The minimum absolute atomic E-state index is 0. The van der Waals surface area contributed by atoms with Crippen molar-refractivity contribution in [1.29, 1.82) is 0 Å². The van der Waals surface area contributed by atoms with Gasteiger partial charge in [0.15, 0.2) is 0 Å². The molecule has 0 spiro atoms. The minimum Gasteiger partial charge on any atom is -0.494 e. The maximum Gasteiger partial charge on any atom is 0.119 e. The quantitative estimate of drug-likeness (QED) is 0.444. The smallest absolute Gasteiger partial charge is 0.119 e. The lowest BCUT2D eigenvalue weighted by molar-refractivity contribution is -0.104. The Labute approximate surface area is 211 Å². The number of aliphatic hydroxyl groups is 2. The van der Waals surface area contributed by atoms with Crippen LogP contribution in [0.25, 0.3) is 0 Å². The summed E-state index contributed by atoms with van der Waals surface area (Å²) >= 11 is 0. The third-order valence-corrected chi connectivity index (χ3v) is 6.39. The third kappa shape index (κ3) is 8.99. The average molecular weight is 500 g/mol. The van der Waals surface area contributed by atoms with Crippen molar-refractivity contribution in [2.75, 3.05) is 44.7 Å². The third-order valence-electron chi connectivity index (χ3n) is 6.39. The summed E-state index contributed by atoms with van der Waals surface area (Å²) in [4.78, 5) is 4.38. The topological polar surface area (TPSA) is 56.2 Å². The van der Waals surface area contributed by atoms with Crippen molar-refractivity contribution >= 4 is 30.5 Å². The number of hydrogen-bond donors (Lipinski definition) is 2. The first-order valence-corrected chi connectivity index (χ1v) is 11.6. The Bertz CT molecular complexity index is 769. The normalized spacial score (nSPS) is 16.2. The van der Waals surface area contributed by atoms with Gasteiger partial charge in [0.1, 0.15) is 11.9 Å². The molecule has 1 saturated heterocycles. The molecule has 33 heavy (non-hydrogen) atoms. The Balaban J connectivity index is 0.00000272. The molecule has 0 radical (unpaired) electrons. The second-order valence-corrected chi connectivity index (χ2v) is 8.77. The number of aliphatic hydroxyl groups excluding tert-OH is 1. The van der Waals surface area contributed by atoms with Gasteiger partial charge >= 0.3 is 0 Å². The molecule has 3 rings (SSSR count). The first-order valence-electron chi connectivity index (χ1n) is 11.6. The Morgan fingerprint density at radius 2 is 1.67 bits per heavy atom. The molecule has 1 aliphatic heterocycles. The summed E-state index contributed by atoms with van der Waals surface area (Å²) in [7, 11) is 1.95. The zero-order chi connectivity index (χ0) is 22.1. The van der Waals surface area contributed by atoms with Gasteiger partial charge in [-0.25, -0.2) is 0 Å². The van der Waals surface area contributed by atoms with Crippen molar-refractivity contribution in [3.05, 3.63) is 60.2 Å². The summed E-state index contributed by atoms with van der Waals surface area (Å²) in [6, 6.07) is 18.4. The molecule has 1 aliphatic rings. The molecular weight excluding hydrogens is 459 g/mol. The predicted octanol–water partition coefficient (Wildman–Crippen LogP) is 4.58. The minimum atomic E-state index is -1.03. The number of likely N-dealkylation sites (tertiary alicyclic amines) is 1. The Kier molecular flexibility index (Phi) is 13.2. The van der Waals surface area contributed by atoms with Crippen LogP contribution in [0.4, 0.5) is 5.69 Å². The molecule has 0 bridgehead atoms. The van der Waals surface area contributed by atoms with Gasteiger partial charge in [0.05, 0.1) is 12.2 Å². The van der Waals surface area contributed by atoms with Crippen molar-refractivity contribution in [1.82, 2.24) is 4.90 Å². The number of halogens is 2. The van der Waals surface area contributed by atoms with E-state index in [2.05, 4.69) is 36.1 Å². The monoisotopic (exact) mass is 498 g/mol. The number of unbranched alkanes of at least 4 members (excludes halogenated alkanes) is 1. The zero-order valence-corrected chi connectivity index (χ0v) is 21.5. The number of ether oxygens (including phenoxy) is 1. The lowest BCUT2D eigenvalue weighted by Gasteiger charge is -2.42. The van der Waals surface area contributed by atoms with Crippen molar-refractivity contribution in [3.8, 4) is 5.75 Å². The summed E-state index contributed by atoms with van der Waals surface area (Å²) in [6.45, 7) is 5.90. The maximum absolute atomic E-state index is 11.1. The van der Waals surface area contributed by atoms with Crippen LogP contribution in [0.1, 0.15) is 38.2 Å². The number of rotatable bonds is 11. The molecule has 1 heterocycles. The van der Waals surface area contributed by atoms with Crippen LogP contribution in [0.2, 0.25) is 0 Å². The predicted molar refractivity (Wildman–Crippen MR) is 141 cm³/mol. The molecule has 1 atom stereocenters. The van der Waals surface area contributed by atoms with Gasteiger partial charge in [-0.2, -0.15) is 0 Å². The fourth-order valence-electron chi connectivity index (χ4n) is 4.09. The van der Waals surface area contributed by atoms with Gasteiger partial charge in [0.25, 0.3) is 0 Å². The highest BCUT2D eigenvalue weighted by Crippen LogP contribution is 2.28. The molecule has 0 aromatic heterocycles. The van der Waals surface area contributed by atoms with E-state index >= 15 is 0 Å². The molecule has 1 fully saturated rings. The lowest BCUT2D eigenvalue weighted by Crippen LogP contribution is -2.54. The molecule has 7 heteroatoms. The van der Waals surface area contributed by atoms with Crippen molar-refractivity contribution in [3.63, 3.8) is 0 Å². The van der Waals surface area contributed by atoms with Gasteiger partial charge in [-0.3, -0.25) is 0 Å². The van der Waals surface area contributed by atoms with Crippen LogP contribution in [0.3, 0.4) is 0 Å². The molecule has 0 saturated carbocycles. The van der Waals surface area contributed by atoms with E-state index in [0.29, 0.717) is 19.4 Å². The molecule has 2 aromatic carbocycles. The van der Waals surface area contributed by atoms with Crippen molar-refractivity contribution in [2.45, 2.75) is 50.7 Å². The number of likely N-dealkylation sites (N-methyl/N-ethyl adjacent to an activating group) is 1. The maximum atomic E-state index is 11.1. The summed E-state index contributed by atoms with van der Waals surface area (Å²) in [5.74, 6) is 0.868. The van der Waals surface area contributed by atoms with E-state index in [-0.39, 0.29) is 24.8 Å². The summed E-state index contributed by atoms with van der Waals surface area (Å²) in [5.41, 5.74) is 1.32. The van der Waals surface area contributed by atoms with Crippen LogP contribution in [-0.4, -0.2) is 66.7 Å². The van der Waals surface area contributed by atoms with Crippen LogP contribution >= 0.6 is 24.8 Å². The Morgan fingerprint density at radius 3 is 2.27 bits per heavy atom. The number of hydrogen-bond acceptors (Lipinski definition) is 5. The molecule has 186 valence electrons.